The number of piperazine rings is 1. The van der Waals surface area contributed by atoms with Crippen LogP contribution < -0.4 is 4.74 Å². The molecule has 0 bridgehead atoms. The molecule has 0 aromatic heterocycles. The Hall–Kier alpha value is -2.79. The fourth-order valence-corrected chi connectivity index (χ4v) is 3.39. The molecular formula is C21H29N3O5. The van der Waals surface area contributed by atoms with Crippen molar-refractivity contribution in [1.82, 2.24) is 9.80 Å². The highest BCUT2D eigenvalue weighted by atomic mass is 16.6. The molecule has 1 fully saturated rings. The van der Waals surface area contributed by atoms with Crippen LogP contribution in [0.3, 0.4) is 0 Å². The third-order valence-electron chi connectivity index (χ3n) is 4.72. The number of nitrogens with zero attached hydrogens (tertiary/aromatic N) is 3. The number of rotatable bonds is 6. The number of carboxylic acid groups (broad SMARTS) is 1. The second kappa shape index (κ2) is 9.61. The van der Waals surface area contributed by atoms with Gasteiger partial charge in [0.15, 0.2) is 0 Å². The molecule has 1 amide bonds. The van der Waals surface area contributed by atoms with E-state index in [2.05, 4.69) is 11.0 Å². The van der Waals surface area contributed by atoms with E-state index in [1.54, 1.807) is 27.9 Å². The molecule has 8 nitrogen and oxygen atoms in total. The van der Waals surface area contributed by atoms with Gasteiger partial charge in [-0.25, -0.2) is 4.79 Å². The molecule has 1 aliphatic heterocycles. The summed E-state index contributed by atoms with van der Waals surface area (Å²) < 4.78 is 10.7. The van der Waals surface area contributed by atoms with E-state index in [1.807, 2.05) is 24.3 Å². The molecular weight excluding hydrogens is 374 g/mol. The van der Waals surface area contributed by atoms with Gasteiger partial charge in [0.2, 0.25) is 0 Å². The zero-order chi connectivity index (χ0) is 21.6. The molecule has 0 unspecified atom stereocenters. The molecule has 2 atom stereocenters. The fraction of sp³-hybridized carbons (Fsp3) is 0.571. The Balaban J connectivity index is 2.22. The summed E-state index contributed by atoms with van der Waals surface area (Å²) in [5.41, 5.74) is 0.337. The minimum atomic E-state index is -0.980. The van der Waals surface area contributed by atoms with Gasteiger partial charge in [0, 0.05) is 25.7 Å². The van der Waals surface area contributed by atoms with Gasteiger partial charge in [-0.1, -0.05) is 12.1 Å². The van der Waals surface area contributed by atoms with E-state index < -0.39 is 23.7 Å². The highest BCUT2D eigenvalue weighted by molar-refractivity contribution is 5.72. The lowest BCUT2D eigenvalue weighted by atomic mass is 10.0. The summed E-state index contributed by atoms with van der Waals surface area (Å²) in [4.78, 5) is 27.6. The molecule has 1 N–H and O–H groups in total. The van der Waals surface area contributed by atoms with Crippen molar-refractivity contribution >= 4 is 12.1 Å². The number of ether oxygens (including phenoxy) is 2. The largest absolute Gasteiger partial charge is 0.497 e. The Bertz CT molecular complexity index is 751. The Morgan fingerprint density at radius 1 is 1.21 bits per heavy atom. The topological polar surface area (TPSA) is 103 Å². The van der Waals surface area contributed by atoms with Gasteiger partial charge in [0.25, 0.3) is 0 Å². The van der Waals surface area contributed by atoms with Crippen molar-refractivity contribution in [3.8, 4) is 11.8 Å². The molecule has 2 rings (SSSR count). The van der Waals surface area contributed by atoms with Crippen LogP contribution in [0.4, 0.5) is 4.79 Å². The second-order valence-corrected chi connectivity index (χ2v) is 8.18. The maximum Gasteiger partial charge on any atom is 0.410 e. The maximum atomic E-state index is 12.7. The first kappa shape index (κ1) is 22.5. The molecule has 158 valence electrons. The third kappa shape index (κ3) is 6.64. The number of benzene rings is 1. The van der Waals surface area contributed by atoms with Crippen LogP contribution in [0.2, 0.25) is 0 Å². The lowest BCUT2D eigenvalue weighted by Gasteiger charge is -2.45. The average Bonchev–Trinajstić information content (AvgIpc) is 2.62. The van der Waals surface area contributed by atoms with Crippen LogP contribution in [-0.2, 0) is 16.1 Å². The smallest absolute Gasteiger partial charge is 0.410 e. The SMILES string of the molecule is COc1ccc(CN2C[C@@H](CC(=O)O)N(C(=O)OC(C)(C)C)C[C@@H]2CC#N)cc1. The van der Waals surface area contributed by atoms with Crippen molar-refractivity contribution in [1.29, 1.82) is 5.26 Å². The van der Waals surface area contributed by atoms with Gasteiger partial charge in [-0.3, -0.25) is 9.69 Å². The summed E-state index contributed by atoms with van der Waals surface area (Å²) >= 11 is 0. The molecule has 1 aromatic rings. The van der Waals surface area contributed by atoms with E-state index in [9.17, 15) is 20.0 Å². The van der Waals surface area contributed by atoms with Gasteiger partial charge in [-0.2, -0.15) is 5.26 Å². The van der Waals surface area contributed by atoms with Gasteiger partial charge >= 0.3 is 12.1 Å². The van der Waals surface area contributed by atoms with Crippen molar-refractivity contribution in [2.24, 2.45) is 0 Å². The van der Waals surface area contributed by atoms with Crippen LogP contribution in [0.1, 0.15) is 39.2 Å². The predicted molar refractivity (Wildman–Crippen MR) is 106 cm³/mol. The van der Waals surface area contributed by atoms with Crippen LogP contribution >= 0.6 is 0 Å². The number of hydrogen-bond acceptors (Lipinski definition) is 6. The summed E-state index contributed by atoms with van der Waals surface area (Å²) in [6.07, 6.45) is -0.497. The normalized spacial score (nSPS) is 20.0. The highest BCUT2D eigenvalue weighted by Crippen LogP contribution is 2.25. The van der Waals surface area contributed by atoms with Gasteiger partial charge < -0.3 is 19.5 Å². The Morgan fingerprint density at radius 2 is 1.86 bits per heavy atom. The first-order valence-corrected chi connectivity index (χ1v) is 9.58. The molecule has 1 saturated heterocycles. The quantitative estimate of drug-likeness (QED) is 0.779. The molecule has 0 spiro atoms. The molecule has 0 aliphatic carbocycles. The lowest BCUT2D eigenvalue weighted by molar-refractivity contribution is -0.139. The highest BCUT2D eigenvalue weighted by Gasteiger charge is 2.39. The van der Waals surface area contributed by atoms with Gasteiger partial charge in [-0.15, -0.1) is 0 Å². The van der Waals surface area contributed by atoms with E-state index in [0.29, 0.717) is 13.1 Å². The summed E-state index contributed by atoms with van der Waals surface area (Å²) in [6, 6.07) is 9.04. The van der Waals surface area contributed by atoms with Gasteiger partial charge in [0.05, 0.1) is 32.1 Å². The minimum Gasteiger partial charge on any atom is -0.497 e. The van der Waals surface area contributed by atoms with Crippen LogP contribution in [0.15, 0.2) is 24.3 Å². The van der Waals surface area contributed by atoms with Crippen molar-refractivity contribution in [3.63, 3.8) is 0 Å². The van der Waals surface area contributed by atoms with Crippen LogP contribution in [0.25, 0.3) is 0 Å². The number of carboxylic acids is 1. The standard InChI is InChI=1S/C21H29N3O5/c1-21(2,3)29-20(27)24-14-16(9-10-22)23(13-17(24)11-19(25)26)12-15-5-7-18(28-4)8-6-15/h5-8,16-17H,9,11-14H2,1-4H3,(H,25,26)/t16-,17+/m0/s1. The molecule has 0 radical (unpaired) electrons. The van der Waals surface area contributed by atoms with Crippen molar-refractivity contribution in [2.45, 2.75) is 57.8 Å². The maximum absolute atomic E-state index is 12.7. The summed E-state index contributed by atoms with van der Waals surface area (Å²) in [7, 11) is 1.60. The molecule has 1 heterocycles. The van der Waals surface area contributed by atoms with Gasteiger partial charge in [-0.05, 0) is 38.5 Å². The molecule has 29 heavy (non-hydrogen) atoms. The third-order valence-corrected chi connectivity index (χ3v) is 4.72. The van der Waals surface area contributed by atoms with E-state index in [0.717, 1.165) is 11.3 Å². The number of carbonyl (C=O) groups excluding carboxylic acids is 1. The van der Waals surface area contributed by atoms with Crippen molar-refractivity contribution in [2.75, 3.05) is 20.2 Å². The number of aliphatic carboxylic acids is 1. The van der Waals surface area contributed by atoms with Gasteiger partial charge in [0.1, 0.15) is 11.4 Å². The van der Waals surface area contributed by atoms with Crippen LogP contribution in [0.5, 0.6) is 5.75 Å². The zero-order valence-electron chi connectivity index (χ0n) is 17.4. The van der Waals surface area contributed by atoms with Crippen molar-refractivity contribution < 1.29 is 24.2 Å². The number of carbonyl (C=O) groups is 2. The van der Waals surface area contributed by atoms with Crippen molar-refractivity contribution in [3.05, 3.63) is 29.8 Å². The minimum absolute atomic E-state index is 0.183. The summed E-state index contributed by atoms with van der Waals surface area (Å²) in [5, 5.41) is 18.6. The second-order valence-electron chi connectivity index (χ2n) is 8.18. The number of hydrogen-bond donors (Lipinski definition) is 1. The van der Waals surface area contributed by atoms with Crippen LogP contribution in [-0.4, -0.2) is 64.9 Å². The number of amides is 1. The summed E-state index contributed by atoms with van der Waals surface area (Å²) in [5.74, 6) is -0.229. The van der Waals surface area contributed by atoms with Crippen LogP contribution in [0, 0.1) is 11.3 Å². The first-order chi connectivity index (χ1) is 13.6. The fourth-order valence-electron chi connectivity index (χ4n) is 3.39. The Labute approximate surface area is 171 Å². The van der Waals surface area contributed by atoms with E-state index in [4.69, 9.17) is 9.47 Å². The lowest BCUT2D eigenvalue weighted by Crippen LogP contribution is -2.60. The monoisotopic (exact) mass is 403 g/mol. The number of nitriles is 1. The molecule has 1 aliphatic rings. The zero-order valence-corrected chi connectivity index (χ0v) is 17.4. The first-order valence-electron chi connectivity index (χ1n) is 9.58. The molecule has 1 aromatic carbocycles. The predicted octanol–water partition coefficient (Wildman–Crippen LogP) is 2.87. The van der Waals surface area contributed by atoms with E-state index >= 15 is 0 Å². The summed E-state index contributed by atoms with van der Waals surface area (Å²) in [6.45, 7) is 6.45. The van der Waals surface area contributed by atoms with E-state index in [1.165, 1.54) is 4.90 Å². The Kier molecular flexibility index (Phi) is 7.46. The van der Waals surface area contributed by atoms with E-state index in [-0.39, 0.29) is 25.4 Å². The molecule has 8 heteroatoms. The average molecular weight is 403 g/mol. The molecule has 0 saturated carbocycles. The Morgan fingerprint density at radius 3 is 2.38 bits per heavy atom. The number of methoxy groups -OCH3 is 1.